The van der Waals surface area contributed by atoms with Gasteiger partial charge in [0.25, 0.3) is 0 Å². The fourth-order valence-electron chi connectivity index (χ4n) is 2.70. The van der Waals surface area contributed by atoms with Crippen molar-refractivity contribution in [2.45, 2.75) is 60.2 Å². The molecule has 0 spiro atoms. The Labute approximate surface area is 169 Å². The van der Waals surface area contributed by atoms with E-state index in [1.54, 1.807) is 39.0 Å². The number of hydrogen-bond donors (Lipinski definition) is 0. The van der Waals surface area contributed by atoms with Gasteiger partial charge < -0.3 is 9.47 Å². The lowest BCUT2D eigenvalue weighted by atomic mass is 10.0. The maximum atomic E-state index is 12.7. The van der Waals surface area contributed by atoms with Gasteiger partial charge in [0.1, 0.15) is 22.7 Å². The van der Waals surface area contributed by atoms with Crippen LogP contribution in [0, 0.1) is 0 Å². The van der Waals surface area contributed by atoms with E-state index < -0.39 is 29.7 Å². The number of benzene rings is 1. The SMILES string of the molecule is C/C=C(\C)C(OC(C)=O)c1cccc2nnn(N(C(C)=O)C(=O)OC(C)(C)C)c12. The van der Waals surface area contributed by atoms with Crippen molar-refractivity contribution >= 4 is 29.0 Å². The molecule has 0 aliphatic carbocycles. The van der Waals surface area contributed by atoms with Gasteiger partial charge in [-0.15, -0.1) is 14.9 Å². The zero-order valence-electron chi connectivity index (χ0n) is 17.7. The molecule has 0 aliphatic heterocycles. The van der Waals surface area contributed by atoms with Crippen molar-refractivity contribution in [2.75, 3.05) is 5.01 Å². The summed E-state index contributed by atoms with van der Waals surface area (Å²) in [6.07, 6.45) is 0.196. The van der Waals surface area contributed by atoms with Crippen LogP contribution in [0.15, 0.2) is 29.8 Å². The van der Waals surface area contributed by atoms with Gasteiger partial charge in [0.15, 0.2) is 0 Å². The Morgan fingerprint density at radius 1 is 1.17 bits per heavy atom. The van der Waals surface area contributed by atoms with Crippen LogP contribution in [0.2, 0.25) is 0 Å². The molecule has 1 atom stereocenters. The summed E-state index contributed by atoms with van der Waals surface area (Å²) in [5, 5.41) is 8.81. The van der Waals surface area contributed by atoms with Crippen LogP contribution in [-0.2, 0) is 19.1 Å². The highest BCUT2D eigenvalue weighted by Crippen LogP contribution is 2.31. The van der Waals surface area contributed by atoms with Gasteiger partial charge in [0.2, 0.25) is 5.91 Å². The Kier molecular flexibility index (Phi) is 6.41. The molecule has 1 heterocycles. The molecule has 1 unspecified atom stereocenters. The Hall–Kier alpha value is -3.23. The number of rotatable bonds is 4. The van der Waals surface area contributed by atoms with Gasteiger partial charge >= 0.3 is 12.1 Å². The van der Waals surface area contributed by atoms with Crippen molar-refractivity contribution in [3.8, 4) is 0 Å². The number of amides is 2. The highest BCUT2D eigenvalue weighted by molar-refractivity contribution is 6.05. The second-order valence-corrected chi connectivity index (χ2v) is 7.53. The van der Waals surface area contributed by atoms with Gasteiger partial charge in [0.05, 0.1) is 0 Å². The number of ether oxygens (including phenoxy) is 2. The molecule has 0 saturated heterocycles. The van der Waals surface area contributed by atoms with Crippen LogP contribution in [0.3, 0.4) is 0 Å². The van der Waals surface area contributed by atoms with E-state index in [9.17, 15) is 14.4 Å². The maximum Gasteiger partial charge on any atom is 0.438 e. The number of imide groups is 1. The van der Waals surface area contributed by atoms with E-state index in [-0.39, 0.29) is 0 Å². The molecule has 0 aliphatic rings. The summed E-state index contributed by atoms with van der Waals surface area (Å²) in [6.45, 7) is 11.3. The molecule has 156 valence electrons. The van der Waals surface area contributed by atoms with Gasteiger partial charge in [-0.05, 0) is 51.5 Å². The molecule has 9 nitrogen and oxygen atoms in total. The van der Waals surface area contributed by atoms with Crippen molar-refractivity contribution in [3.63, 3.8) is 0 Å². The van der Waals surface area contributed by atoms with Crippen LogP contribution < -0.4 is 5.01 Å². The van der Waals surface area contributed by atoms with Gasteiger partial charge in [-0.3, -0.25) is 9.59 Å². The van der Waals surface area contributed by atoms with Crippen molar-refractivity contribution in [1.29, 1.82) is 0 Å². The minimum atomic E-state index is -0.890. The molecule has 9 heteroatoms. The number of carbonyl (C=O) groups excluding carboxylic acids is 3. The van der Waals surface area contributed by atoms with Crippen molar-refractivity contribution in [1.82, 2.24) is 15.1 Å². The van der Waals surface area contributed by atoms with Crippen LogP contribution in [0.1, 0.15) is 60.1 Å². The fourth-order valence-corrected chi connectivity index (χ4v) is 2.70. The smallest absolute Gasteiger partial charge is 0.438 e. The largest absolute Gasteiger partial charge is 0.453 e. The number of allylic oxidation sites excluding steroid dienone is 1. The number of hydrogen-bond acceptors (Lipinski definition) is 7. The lowest BCUT2D eigenvalue weighted by molar-refractivity contribution is -0.144. The minimum Gasteiger partial charge on any atom is -0.453 e. The molecular weight excluding hydrogens is 376 g/mol. The van der Waals surface area contributed by atoms with Crippen LogP contribution in [-0.4, -0.2) is 38.7 Å². The first kappa shape index (κ1) is 22.1. The van der Waals surface area contributed by atoms with Crippen LogP contribution in [0.5, 0.6) is 0 Å². The average molecular weight is 402 g/mol. The standard InChI is InChI=1S/C20H26N4O5/c1-8-12(2)18(28-14(4)26)15-10-9-11-16-17(15)24(22-21-16)23(13(3)25)19(27)29-20(5,6)7/h8-11,18H,1-7H3/b12-8+. The molecule has 2 aromatic rings. The third-order valence-corrected chi connectivity index (χ3v) is 3.97. The minimum absolute atomic E-state index is 0.362. The third kappa shape index (κ3) is 4.98. The average Bonchev–Trinajstić information content (AvgIpc) is 3.01. The Bertz CT molecular complexity index is 971. The van der Waals surface area contributed by atoms with Gasteiger partial charge in [-0.1, -0.05) is 18.2 Å². The van der Waals surface area contributed by atoms with Crippen LogP contribution in [0.25, 0.3) is 11.0 Å². The monoisotopic (exact) mass is 402 g/mol. The maximum absolute atomic E-state index is 12.7. The molecule has 2 amide bonds. The third-order valence-electron chi connectivity index (χ3n) is 3.97. The second-order valence-electron chi connectivity index (χ2n) is 7.53. The molecule has 0 bridgehead atoms. The molecule has 0 saturated carbocycles. The molecule has 0 N–H and O–H groups in total. The highest BCUT2D eigenvalue weighted by Gasteiger charge is 2.31. The van der Waals surface area contributed by atoms with E-state index in [2.05, 4.69) is 10.3 Å². The number of fused-ring (bicyclic) bond motifs is 1. The van der Waals surface area contributed by atoms with E-state index >= 15 is 0 Å². The van der Waals surface area contributed by atoms with E-state index in [1.807, 2.05) is 19.9 Å². The van der Waals surface area contributed by atoms with E-state index in [4.69, 9.17) is 9.47 Å². The number of aromatic nitrogens is 3. The zero-order valence-corrected chi connectivity index (χ0v) is 17.7. The van der Waals surface area contributed by atoms with E-state index in [1.165, 1.54) is 13.8 Å². The van der Waals surface area contributed by atoms with Crippen molar-refractivity contribution in [2.24, 2.45) is 0 Å². The van der Waals surface area contributed by atoms with E-state index in [0.717, 1.165) is 15.4 Å². The summed E-state index contributed by atoms with van der Waals surface area (Å²) in [5.41, 5.74) is 1.28. The number of para-hydroxylation sites is 1. The Morgan fingerprint density at radius 2 is 1.83 bits per heavy atom. The summed E-state index contributed by atoms with van der Waals surface area (Å²) < 4.78 is 10.9. The zero-order chi connectivity index (χ0) is 21.9. The summed E-state index contributed by atoms with van der Waals surface area (Å²) in [5.74, 6) is -1.07. The quantitative estimate of drug-likeness (QED) is 0.570. The van der Waals surface area contributed by atoms with Gasteiger partial charge in [-0.25, -0.2) is 4.79 Å². The summed E-state index contributed by atoms with van der Waals surface area (Å²) in [6, 6.07) is 5.16. The number of carbonyl (C=O) groups is 3. The number of esters is 1. The molecule has 2 rings (SSSR count). The molecule has 0 radical (unpaired) electrons. The summed E-state index contributed by atoms with van der Waals surface area (Å²) in [4.78, 5) is 37.8. The summed E-state index contributed by atoms with van der Waals surface area (Å²) >= 11 is 0. The summed E-state index contributed by atoms with van der Waals surface area (Å²) in [7, 11) is 0. The molecular formula is C20H26N4O5. The molecule has 0 fully saturated rings. The lowest BCUT2D eigenvalue weighted by Crippen LogP contribution is -2.47. The molecule has 1 aromatic heterocycles. The predicted octanol–water partition coefficient (Wildman–Crippen LogP) is 3.42. The predicted molar refractivity (Wildman–Crippen MR) is 107 cm³/mol. The normalized spacial score (nSPS) is 13.1. The topological polar surface area (TPSA) is 104 Å². The van der Waals surface area contributed by atoms with Gasteiger partial charge in [0, 0.05) is 19.4 Å². The molecule has 29 heavy (non-hydrogen) atoms. The molecule has 1 aromatic carbocycles. The van der Waals surface area contributed by atoms with Gasteiger partial charge in [-0.2, -0.15) is 0 Å². The van der Waals surface area contributed by atoms with Crippen LogP contribution >= 0.6 is 0 Å². The fraction of sp³-hybridized carbons (Fsp3) is 0.450. The highest BCUT2D eigenvalue weighted by atomic mass is 16.6. The van der Waals surface area contributed by atoms with Crippen molar-refractivity contribution in [3.05, 3.63) is 35.4 Å². The van der Waals surface area contributed by atoms with Crippen LogP contribution in [0.4, 0.5) is 4.79 Å². The number of nitrogens with zero attached hydrogens (tertiary/aromatic N) is 4. The second kappa shape index (κ2) is 8.42. The van der Waals surface area contributed by atoms with Crippen molar-refractivity contribution < 1.29 is 23.9 Å². The van der Waals surface area contributed by atoms with E-state index in [0.29, 0.717) is 16.6 Å². The first-order chi connectivity index (χ1) is 13.5. The first-order valence-electron chi connectivity index (χ1n) is 9.14. The Balaban J connectivity index is 2.70. The Morgan fingerprint density at radius 3 is 2.34 bits per heavy atom. The first-order valence-corrected chi connectivity index (χ1v) is 9.14. The lowest BCUT2D eigenvalue weighted by Gasteiger charge is -2.26.